The quantitative estimate of drug-likeness (QED) is 0.913. The number of rotatable bonds is 3. The Morgan fingerprint density at radius 1 is 1.27 bits per heavy atom. The molecule has 1 saturated heterocycles. The Bertz CT molecular complexity index is 851. The molecule has 26 heavy (non-hydrogen) atoms. The highest BCUT2D eigenvalue weighted by Crippen LogP contribution is 2.25. The molecule has 0 unspecified atom stereocenters. The summed E-state index contributed by atoms with van der Waals surface area (Å²) in [4.78, 5) is 19.1. The summed E-state index contributed by atoms with van der Waals surface area (Å²) in [6, 6.07) is 6.11. The number of nitriles is 1. The topological polar surface area (TPSA) is 86.8 Å². The van der Waals surface area contributed by atoms with E-state index in [4.69, 9.17) is 0 Å². The minimum Gasteiger partial charge on any atom is -0.355 e. The maximum absolute atomic E-state index is 12.4. The highest BCUT2D eigenvalue weighted by Gasteiger charge is 2.25. The summed E-state index contributed by atoms with van der Waals surface area (Å²) in [5.41, 5.74) is 3.92. The number of anilines is 1. The molecular formula is C19H24N6O. The zero-order chi connectivity index (χ0) is 18.8. The van der Waals surface area contributed by atoms with Gasteiger partial charge >= 0.3 is 0 Å². The molecule has 0 bridgehead atoms. The Morgan fingerprint density at radius 3 is 2.54 bits per heavy atom. The number of carbonyl (C=O) groups is 1. The third-order valence-electron chi connectivity index (χ3n) is 4.91. The molecule has 1 aliphatic heterocycles. The van der Waals surface area contributed by atoms with E-state index in [9.17, 15) is 10.1 Å². The van der Waals surface area contributed by atoms with Gasteiger partial charge in [-0.1, -0.05) is 0 Å². The van der Waals surface area contributed by atoms with Crippen LogP contribution in [0.25, 0.3) is 0 Å². The fourth-order valence-corrected chi connectivity index (χ4v) is 3.35. The predicted octanol–water partition coefficient (Wildman–Crippen LogP) is 2.01. The van der Waals surface area contributed by atoms with Crippen LogP contribution in [0, 0.1) is 32.1 Å². The van der Waals surface area contributed by atoms with Crippen LogP contribution < -0.4 is 10.2 Å². The fourth-order valence-electron chi connectivity index (χ4n) is 3.35. The minimum absolute atomic E-state index is 0.109. The van der Waals surface area contributed by atoms with Crippen molar-refractivity contribution in [2.75, 3.05) is 18.0 Å². The number of aryl methyl sites for hydroxylation is 4. The van der Waals surface area contributed by atoms with Gasteiger partial charge in [0.25, 0.3) is 5.91 Å². The standard InChI is InChI=1S/C19H24N6O/c1-12-9-13(2)21-18(16(12)11-20)25-7-5-15(6-8-25)22-19(26)17-10-14(3)24(4)23-17/h9-10,15H,5-8H2,1-4H3,(H,22,26). The van der Waals surface area contributed by atoms with Crippen molar-refractivity contribution in [3.8, 4) is 6.07 Å². The molecule has 2 aromatic heterocycles. The molecule has 7 heteroatoms. The summed E-state index contributed by atoms with van der Waals surface area (Å²) in [6.07, 6.45) is 1.63. The van der Waals surface area contributed by atoms with Crippen LogP contribution in [-0.2, 0) is 7.05 Å². The van der Waals surface area contributed by atoms with Gasteiger partial charge in [-0.3, -0.25) is 9.48 Å². The van der Waals surface area contributed by atoms with Gasteiger partial charge in [-0.05, 0) is 51.3 Å². The van der Waals surface area contributed by atoms with Crippen LogP contribution in [0.15, 0.2) is 12.1 Å². The van der Waals surface area contributed by atoms with E-state index in [-0.39, 0.29) is 11.9 Å². The summed E-state index contributed by atoms with van der Waals surface area (Å²) in [5.74, 6) is 0.629. The zero-order valence-electron chi connectivity index (χ0n) is 15.7. The molecule has 3 heterocycles. The van der Waals surface area contributed by atoms with Gasteiger partial charge in [-0.15, -0.1) is 0 Å². The number of nitrogens with zero attached hydrogens (tertiary/aromatic N) is 5. The number of hydrogen-bond acceptors (Lipinski definition) is 5. The summed E-state index contributed by atoms with van der Waals surface area (Å²) in [5, 5.41) is 16.8. The number of pyridine rings is 1. The van der Waals surface area contributed by atoms with E-state index in [1.807, 2.05) is 33.9 Å². The van der Waals surface area contributed by atoms with E-state index < -0.39 is 0 Å². The number of hydrogen-bond donors (Lipinski definition) is 1. The largest absolute Gasteiger partial charge is 0.355 e. The fraction of sp³-hybridized carbons (Fsp3) is 0.474. The van der Waals surface area contributed by atoms with Crippen molar-refractivity contribution < 1.29 is 4.79 Å². The molecule has 1 N–H and O–H groups in total. The van der Waals surface area contributed by atoms with Crippen LogP contribution >= 0.6 is 0 Å². The first kappa shape index (κ1) is 17.9. The molecule has 3 rings (SSSR count). The summed E-state index contributed by atoms with van der Waals surface area (Å²) in [7, 11) is 1.83. The van der Waals surface area contributed by atoms with Crippen LogP contribution in [0.1, 0.15) is 45.8 Å². The molecule has 0 saturated carbocycles. The Kier molecular flexibility index (Phi) is 4.94. The lowest BCUT2D eigenvalue weighted by Crippen LogP contribution is -2.45. The summed E-state index contributed by atoms with van der Waals surface area (Å²) in [6.45, 7) is 7.33. The van der Waals surface area contributed by atoms with Crippen LogP contribution in [0.2, 0.25) is 0 Å². The molecule has 0 spiro atoms. The highest BCUT2D eigenvalue weighted by molar-refractivity contribution is 5.92. The lowest BCUT2D eigenvalue weighted by atomic mass is 10.0. The van der Waals surface area contributed by atoms with Crippen molar-refractivity contribution in [1.29, 1.82) is 5.26 Å². The van der Waals surface area contributed by atoms with Gasteiger partial charge in [-0.25, -0.2) is 4.98 Å². The second-order valence-electron chi connectivity index (χ2n) is 6.92. The minimum atomic E-state index is -0.130. The van der Waals surface area contributed by atoms with Crippen LogP contribution in [-0.4, -0.2) is 39.8 Å². The van der Waals surface area contributed by atoms with E-state index >= 15 is 0 Å². The molecule has 1 amide bonds. The average Bonchev–Trinajstić information content (AvgIpc) is 2.94. The lowest BCUT2D eigenvalue weighted by molar-refractivity contribution is 0.0925. The SMILES string of the molecule is Cc1cc(C)c(C#N)c(N2CCC(NC(=O)c3cc(C)n(C)n3)CC2)n1. The van der Waals surface area contributed by atoms with Crippen molar-refractivity contribution in [3.63, 3.8) is 0 Å². The monoisotopic (exact) mass is 352 g/mol. The number of aromatic nitrogens is 3. The van der Waals surface area contributed by atoms with E-state index in [1.165, 1.54) is 0 Å². The number of carbonyl (C=O) groups excluding carboxylic acids is 1. The zero-order valence-corrected chi connectivity index (χ0v) is 15.7. The maximum Gasteiger partial charge on any atom is 0.272 e. The van der Waals surface area contributed by atoms with Crippen LogP contribution in [0.3, 0.4) is 0 Å². The predicted molar refractivity (Wildman–Crippen MR) is 99.1 cm³/mol. The smallest absolute Gasteiger partial charge is 0.272 e. The van der Waals surface area contributed by atoms with E-state index in [0.29, 0.717) is 11.3 Å². The van der Waals surface area contributed by atoms with E-state index in [2.05, 4.69) is 26.4 Å². The number of piperidine rings is 1. The van der Waals surface area contributed by atoms with Gasteiger partial charge in [0.1, 0.15) is 17.6 Å². The Balaban J connectivity index is 1.65. The van der Waals surface area contributed by atoms with Gasteiger partial charge < -0.3 is 10.2 Å². The lowest BCUT2D eigenvalue weighted by Gasteiger charge is -2.33. The van der Waals surface area contributed by atoms with Gasteiger partial charge in [0.05, 0.1) is 5.56 Å². The van der Waals surface area contributed by atoms with E-state index in [1.54, 1.807) is 10.7 Å². The molecule has 2 aromatic rings. The third-order valence-corrected chi connectivity index (χ3v) is 4.91. The van der Waals surface area contributed by atoms with Crippen molar-refractivity contribution in [2.24, 2.45) is 7.05 Å². The van der Waals surface area contributed by atoms with Gasteiger partial charge in [0.2, 0.25) is 0 Å². The maximum atomic E-state index is 12.4. The van der Waals surface area contributed by atoms with Crippen molar-refractivity contribution >= 4 is 11.7 Å². The molecule has 0 aliphatic carbocycles. The van der Waals surface area contributed by atoms with Gasteiger partial charge in [-0.2, -0.15) is 10.4 Å². The van der Waals surface area contributed by atoms with Gasteiger partial charge in [0.15, 0.2) is 0 Å². The normalized spacial score (nSPS) is 15.0. The third kappa shape index (κ3) is 3.54. The number of nitrogens with one attached hydrogen (secondary N) is 1. The second kappa shape index (κ2) is 7.16. The second-order valence-corrected chi connectivity index (χ2v) is 6.92. The molecule has 0 aromatic carbocycles. The van der Waals surface area contributed by atoms with Crippen LogP contribution in [0.4, 0.5) is 5.82 Å². The highest BCUT2D eigenvalue weighted by atomic mass is 16.2. The summed E-state index contributed by atoms with van der Waals surface area (Å²) >= 11 is 0. The Hall–Kier alpha value is -2.88. The number of amides is 1. The molecular weight excluding hydrogens is 328 g/mol. The molecule has 1 aliphatic rings. The molecule has 0 radical (unpaired) electrons. The Labute approximate surface area is 153 Å². The molecule has 0 atom stereocenters. The first-order chi connectivity index (χ1) is 12.4. The van der Waals surface area contributed by atoms with Gasteiger partial charge in [0, 0.05) is 37.6 Å². The van der Waals surface area contributed by atoms with Crippen molar-refractivity contribution in [3.05, 3.63) is 40.3 Å². The first-order valence-electron chi connectivity index (χ1n) is 8.84. The molecule has 7 nitrogen and oxygen atoms in total. The molecule has 1 fully saturated rings. The summed E-state index contributed by atoms with van der Waals surface area (Å²) < 4.78 is 1.70. The van der Waals surface area contributed by atoms with E-state index in [0.717, 1.165) is 48.7 Å². The Morgan fingerprint density at radius 2 is 1.96 bits per heavy atom. The van der Waals surface area contributed by atoms with Crippen LogP contribution in [0.5, 0.6) is 0 Å². The molecule has 136 valence electrons. The first-order valence-corrected chi connectivity index (χ1v) is 8.84. The average molecular weight is 352 g/mol. The van der Waals surface area contributed by atoms with Crippen molar-refractivity contribution in [1.82, 2.24) is 20.1 Å². The van der Waals surface area contributed by atoms with Crippen molar-refractivity contribution in [2.45, 2.75) is 39.7 Å².